The minimum atomic E-state index is 0.115. The second kappa shape index (κ2) is 3.80. The van der Waals surface area contributed by atoms with Crippen LogP contribution in [0.2, 0.25) is 0 Å². The van der Waals surface area contributed by atoms with Crippen LogP contribution in [-0.2, 0) is 17.6 Å². The number of benzene rings is 1. The molecule has 0 unspecified atom stereocenters. The Morgan fingerprint density at radius 3 is 3.00 bits per heavy atom. The molecule has 1 heterocycles. The number of anilines is 1. The number of nitrogens with two attached hydrogens (primary N) is 1. The zero-order valence-corrected chi connectivity index (χ0v) is 8.05. The zero-order chi connectivity index (χ0) is 9.97. The molecule has 1 aromatic carbocycles. The fraction of sp³-hybridized carbons (Fsp3) is 0.364. The highest BCUT2D eigenvalue weighted by atomic mass is 16.1. The number of nitrogens with one attached hydrogen (secondary N) is 1. The molecule has 1 aromatic rings. The first-order valence-electron chi connectivity index (χ1n) is 4.91. The van der Waals surface area contributed by atoms with Crippen molar-refractivity contribution in [1.29, 1.82) is 0 Å². The van der Waals surface area contributed by atoms with Crippen LogP contribution in [0.3, 0.4) is 0 Å². The van der Waals surface area contributed by atoms with Gasteiger partial charge in [0.05, 0.1) is 0 Å². The summed E-state index contributed by atoms with van der Waals surface area (Å²) in [4.78, 5) is 11.1. The van der Waals surface area contributed by atoms with Gasteiger partial charge in [0.15, 0.2) is 0 Å². The lowest BCUT2D eigenvalue weighted by Crippen LogP contribution is -2.19. The first-order chi connectivity index (χ1) is 6.79. The lowest BCUT2D eigenvalue weighted by Gasteiger charge is -2.17. The molecule has 0 fully saturated rings. The monoisotopic (exact) mass is 190 g/mol. The fourth-order valence-corrected chi connectivity index (χ4v) is 1.76. The standard InChI is InChI=1S/C11H14N2O/c12-6-5-8-1-3-10-9(7-8)2-4-11(14)13-10/h1,3,7H,2,4-6,12H2,(H,13,14). The van der Waals surface area contributed by atoms with Crippen LogP contribution in [0.15, 0.2) is 18.2 Å². The molecule has 2 rings (SSSR count). The molecule has 0 saturated heterocycles. The third-order valence-corrected chi connectivity index (χ3v) is 2.50. The maximum Gasteiger partial charge on any atom is 0.224 e. The van der Waals surface area contributed by atoms with E-state index in [-0.39, 0.29) is 5.91 Å². The minimum absolute atomic E-state index is 0.115. The maximum atomic E-state index is 11.1. The topological polar surface area (TPSA) is 55.1 Å². The highest BCUT2D eigenvalue weighted by molar-refractivity contribution is 5.93. The molecule has 1 aliphatic rings. The number of hydrogen-bond acceptors (Lipinski definition) is 2. The summed E-state index contributed by atoms with van der Waals surface area (Å²) >= 11 is 0. The van der Waals surface area contributed by atoms with Crippen LogP contribution < -0.4 is 11.1 Å². The van der Waals surface area contributed by atoms with Gasteiger partial charge in [0, 0.05) is 12.1 Å². The van der Waals surface area contributed by atoms with Gasteiger partial charge < -0.3 is 11.1 Å². The molecule has 3 nitrogen and oxygen atoms in total. The maximum absolute atomic E-state index is 11.1. The van der Waals surface area contributed by atoms with Crippen LogP contribution in [-0.4, -0.2) is 12.5 Å². The number of rotatable bonds is 2. The number of carbonyl (C=O) groups excluding carboxylic acids is 1. The quantitative estimate of drug-likeness (QED) is 0.733. The van der Waals surface area contributed by atoms with Crippen molar-refractivity contribution < 1.29 is 4.79 Å². The molecule has 14 heavy (non-hydrogen) atoms. The number of amides is 1. The lowest BCUT2D eigenvalue weighted by atomic mass is 9.99. The Bertz CT molecular complexity index is 360. The van der Waals surface area contributed by atoms with Gasteiger partial charge in [-0.2, -0.15) is 0 Å². The average Bonchev–Trinajstić information content (AvgIpc) is 2.19. The fourth-order valence-electron chi connectivity index (χ4n) is 1.76. The molecule has 74 valence electrons. The molecule has 0 radical (unpaired) electrons. The largest absolute Gasteiger partial charge is 0.330 e. The number of hydrogen-bond donors (Lipinski definition) is 2. The van der Waals surface area contributed by atoms with Gasteiger partial charge in [0.25, 0.3) is 0 Å². The summed E-state index contributed by atoms with van der Waals surface area (Å²) in [6.07, 6.45) is 2.35. The Kier molecular flexibility index (Phi) is 2.50. The van der Waals surface area contributed by atoms with Crippen molar-refractivity contribution >= 4 is 11.6 Å². The van der Waals surface area contributed by atoms with Crippen molar-refractivity contribution in [3.63, 3.8) is 0 Å². The van der Waals surface area contributed by atoms with Gasteiger partial charge in [-0.05, 0) is 36.6 Å². The summed E-state index contributed by atoms with van der Waals surface area (Å²) in [7, 11) is 0. The first-order valence-corrected chi connectivity index (χ1v) is 4.91. The Hall–Kier alpha value is -1.35. The molecule has 0 bridgehead atoms. The van der Waals surface area contributed by atoms with E-state index in [4.69, 9.17) is 5.73 Å². The molecule has 3 N–H and O–H groups in total. The predicted octanol–water partition coefficient (Wildman–Crippen LogP) is 1.07. The summed E-state index contributed by atoms with van der Waals surface area (Å²) < 4.78 is 0. The zero-order valence-electron chi connectivity index (χ0n) is 8.05. The molecule has 3 heteroatoms. The lowest BCUT2D eigenvalue weighted by molar-refractivity contribution is -0.116. The Morgan fingerprint density at radius 2 is 2.21 bits per heavy atom. The average molecular weight is 190 g/mol. The van der Waals surface area contributed by atoms with Crippen LogP contribution in [0.1, 0.15) is 17.5 Å². The second-order valence-corrected chi connectivity index (χ2v) is 3.58. The Labute approximate surface area is 83.3 Å². The molecule has 1 aliphatic heterocycles. The van der Waals surface area contributed by atoms with Crippen LogP contribution in [0.5, 0.6) is 0 Å². The number of aryl methyl sites for hydroxylation is 1. The van der Waals surface area contributed by atoms with E-state index in [1.165, 1.54) is 11.1 Å². The van der Waals surface area contributed by atoms with Crippen molar-refractivity contribution in [1.82, 2.24) is 0 Å². The van der Waals surface area contributed by atoms with Gasteiger partial charge in [-0.15, -0.1) is 0 Å². The molecular formula is C11H14N2O. The van der Waals surface area contributed by atoms with E-state index in [1.54, 1.807) is 0 Å². The van der Waals surface area contributed by atoms with E-state index in [0.717, 1.165) is 18.5 Å². The van der Waals surface area contributed by atoms with Crippen molar-refractivity contribution in [2.75, 3.05) is 11.9 Å². The van der Waals surface area contributed by atoms with E-state index in [2.05, 4.69) is 11.4 Å². The van der Waals surface area contributed by atoms with Crippen LogP contribution in [0.4, 0.5) is 5.69 Å². The van der Waals surface area contributed by atoms with Crippen molar-refractivity contribution in [2.45, 2.75) is 19.3 Å². The second-order valence-electron chi connectivity index (χ2n) is 3.58. The van der Waals surface area contributed by atoms with Crippen molar-refractivity contribution in [2.24, 2.45) is 5.73 Å². The van der Waals surface area contributed by atoms with E-state index in [0.29, 0.717) is 13.0 Å². The van der Waals surface area contributed by atoms with Crippen molar-refractivity contribution in [3.8, 4) is 0 Å². The predicted molar refractivity (Wildman–Crippen MR) is 56.2 cm³/mol. The van der Waals surface area contributed by atoms with Gasteiger partial charge in [-0.1, -0.05) is 12.1 Å². The number of fused-ring (bicyclic) bond motifs is 1. The SMILES string of the molecule is NCCc1ccc2c(c1)CCC(=O)N2. The molecular weight excluding hydrogens is 176 g/mol. The third-order valence-electron chi connectivity index (χ3n) is 2.50. The van der Waals surface area contributed by atoms with E-state index in [9.17, 15) is 4.79 Å². The van der Waals surface area contributed by atoms with E-state index < -0.39 is 0 Å². The smallest absolute Gasteiger partial charge is 0.224 e. The van der Waals surface area contributed by atoms with Crippen LogP contribution >= 0.6 is 0 Å². The summed E-state index contributed by atoms with van der Waals surface area (Å²) in [5.41, 5.74) is 8.93. The first kappa shape index (κ1) is 9.21. The molecule has 0 aromatic heterocycles. The van der Waals surface area contributed by atoms with E-state index in [1.807, 2.05) is 12.1 Å². The van der Waals surface area contributed by atoms with Crippen LogP contribution in [0.25, 0.3) is 0 Å². The van der Waals surface area contributed by atoms with Crippen LogP contribution in [0, 0.1) is 0 Å². The third kappa shape index (κ3) is 1.77. The highest BCUT2D eigenvalue weighted by Gasteiger charge is 2.14. The molecule has 0 saturated carbocycles. The van der Waals surface area contributed by atoms with Gasteiger partial charge in [-0.3, -0.25) is 4.79 Å². The van der Waals surface area contributed by atoms with Gasteiger partial charge in [0.2, 0.25) is 5.91 Å². The summed E-state index contributed by atoms with van der Waals surface area (Å²) in [5, 5.41) is 2.86. The van der Waals surface area contributed by atoms with Gasteiger partial charge in [-0.25, -0.2) is 0 Å². The minimum Gasteiger partial charge on any atom is -0.330 e. The Morgan fingerprint density at radius 1 is 1.36 bits per heavy atom. The normalized spacial score (nSPS) is 14.8. The summed E-state index contributed by atoms with van der Waals surface area (Å²) in [5.74, 6) is 0.115. The van der Waals surface area contributed by atoms with Gasteiger partial charge in [0.1, 0.15) is 0 Å². The summed E-state index contributed by atoms with van der Waals surface area (Å²) in [6.45, 7) is 0.672. The molecule has 0 aliphatic carbocycles. The van der Waals surface area contributed by atoms with Gasteiger partial charge >= 0.3 is 0 Å². The molecule has 1 amide bonds. The molecule has 0 spiro atoms. The Balaban J connectivity index is 2.26. The van der Waals surface area contributed by atoms with E-state index >= 15 is 0 Å². The molecule has 0 atom stereocenters. The number of carbonyl (C=O) groups is 1. The highest BCUT2D eigenvalue weighted by Crippen LogP contribution is 2.23. The van der Waals surface area contributed by atoms with Crippen molar-refractivity contribution in [3.05, 3.63) is 29.3 Å². The summed E-state index contributed by atoms with van der Waals surface area (Å²) in [6, 6.07) is 6.14.